The Labute approximate surface area is 142 Å². The van der Waals surface area contributed by atoms with Gasteiger partial charge in [-0.3, -0.25) is 4.79 Å². The van der Waals surface area contributed by atoms with Crippen LogP contribution in [0.4, 0.5) is 0 Å². The van der Waals surface area contributed by atoms with Gasteiger partial charge >= 0.3 is 0 Å². The Hall–Kier alpha value is -2.75. The summed E-state index contributed by atoms with van der Waals surface area (Å²) in [6.45, 7) is 3.06. The number of aryl methyl sites for hydroxylation is 1. The topological polar surface area (TPSA) is 45.3 Å². The van der Waals surface area contributed by atoms with E-state index in [-0.39, 0.29) is 5.91 Å². The van der Waals surface area contributed by atoms with Crippen molar-refractivity contribution in [1.29, 1.82) is 0 Å². The van der Waals surface area contributed by atoms with Gasteiger partial charge in [-0.05, 0) is 30.7 Å². The van der Waals surface area contributed by atoms with Crippen molar-refractivity contribution in [3.63, 3.8) is 0 Å². The van der Waals surface area contributed by atoms with Crippen molar-refractivity contribution >= 4 is 16.8 Å². The van der Waals surface area contributed by atoms with E-state index in [0.29, 0.717) is 19.6 Å². The van der Waals surface area contributed by atoms with E-state index < -0.39 is 0 Å². The molecule has 1 aromatic heterocycles. The van der Waals surface area contributed by atoms with Crippen LogP contribution in [-0.4, -0.2) is 36.0 Å². The predicted molar refractivity (Wildman–Crippen MR) is 96.3 cm³/mol. The third-order valence-electron chi connectivity index (χ3n) is 4.22. The molecule has 124 valence electrons. The molecule has 0 spiro atoms. The summed E-state index contributed by atoms with van der Waals surface area (Å²) >= 11 is 0. The number of carbonyl (C=O) groups is 1. The Morgan fingerprint density at radius 3 is 2.58 bits per heavy atom. The molecule has 0 saturated carbocycles. The summed E-state index contributed by atoms with van der Waals surface area (Å²) in [4.78, 5) is 17.6. The number of hydrogen-bond acceptors (Lipinski definition) is 2. The number of amides is 1. The Bertz CT molecular complexity index is 824. The Kier molecular flexibility index (Phi) is 4.85. The quantitative estimate of drug-likeness (QED) is 0.754. The normalized spacial score (nSPS) is 10.8. The van der Waals surface area contributed by atoms with Gasteiger partial charge in [-0.25, -0.2) is 0 Å². The molecule has 0 fully saturated rings. The van der Waals surface area contributed by atoms with E-state index in [2.05, 4.69) is 11.1 Å². The summed E-state index contributed by atoms with van der Waals surface area (Å²) in [6, 6.07) is 17.7. The van der Waals surface area contributed by atoms with Crippen LogP contribution >= 0.6 is 0 Å². The Morgan fingerprint density at radius 1 is 1.08 bits per heavy atom. The minimum Gasteiger partial charge on any atom is -0.492 e. The largest absolute Gasteiger partial charge is 0.492 e. The lowest BCUT2D eigenvalue weighted by Gasteiger charge is -2.17. The van der Waals surface area contributed by atoms with Crippen molar-refractivity contribution in [2.45, 2.75) is 13.3 Å². The molecule has 3 rings (SSSR count). The van der Waals surface area contributed by atoms with Crippen molar-refractivity contribution in [3.05, 3.63) is 65.9 Å². The first kappa shape index (κ1) is 16.1. The number of nitrogens with one attached hydrogen (secondary N) is 1. The van der Waals surface area contributed by atoms with Crippen LogP contribution < -0.4 is 4.74 Å². The van der Waals surface area contributed by atoms with Crippen LogP contribution in [0.2, 0.25) is 0 Å². The van der Waals surface area contributed by atoms with E-state index in [1.54, 1.807) is 4.90 Å². The molecule has 24 heavy (non-hydrogen) atoms. The average molecular weight is 322 g/mol. The maximum absolute atomic E-state index is 12.5. The highest BCUT2D eigenvalue weighted by atomic mass is 16.5. The van der Waals surface area contributed by atoms with Crippen molar-refractivity contribution in [1.82, 2.24) is 9.88 Å². The SMILES string of the molecule is Cc1[nH]c2ccccc2c1CC(=O)N(C)CCOc1ccccc1. The van der Waals surface area contributed by atoms with E-state index in [4.69, 9.17) is 4.74 Å². The maximum atomic E-state index is 12.5. The zero-order valence-electron chi connectivity index (χ0n) is 14.1. The summed E-state index contributed by atoms with van der Waals surface area (Å²) in [5.74, 6) is 0.922. The summed E-state index contributed by atoms with van der Waals surface area (Å²) in [5.41, 5.74) is 3.21. The second-order valence-corrected chi connectivity index (χ2v) is 5.93. The number of rotatable bonds is 6. The molecule has 0 saturated heterocycles. The summed E-state index contributed by atoms with van der Waals surface area (Å²) in [7, 11) is 1.82. The number of carbonyl (C=O) groups excluding carboxylic acids is 1. The van der Waals surface area contributed by atoms with Gasteiger partial charge in [0.1, 0.15) is 12.4 Å². The molecule has 1 amide bonds. The second-order valence-electron chi connectivity index (χ2n) is 5.93. The molecule has 2 aromatic carbocycles. The number of nitrogens with zero attached hydrogens (tertiary/aromatic N) is 1. The number of fused-ring (bicyclic) bond motifs is 1. The van der Waals surface area contributed by atoms with Crippen molar-refractivity contribution in [2.24, 2.45) is 0 Å². The predicted octanol–water partition coefficient (Wildman–Crippen LogP) is 3.56. The number of aromatic nitrogens is 1. The van der Waals surface area contributed by atoms with Crippen LogP contribution in [0.1, 0.15) is 11.3 Å². The minimum absolute atomic E-state index is 0.0968. The molecular weight excluding hydrogens is 300 g/mol. The van der Waals surface area contributed by atoms with Crippen LogP contribution in [0.15, 0.2) is 54.6 Å². The molecule has 3 aromatic rings. The van der Waals surface area contributed by atoms with Gasteiger partial charge in [0.05, 0.1) is 13.0 Å². The summed E-state index contributed by atoms with van der Waals surface area (Å²) < 4.78 is 5.66. The van der Waals surface area contributed by atoms with E-state index >= 15 is 0 Å². The minimum atomic E-state index is 0.0968. The monoisotopic (exact) mass is 322 g/mol. The van der Waals surface area contributed by atoms with Gasteiger partial charge in [0.2, 0.25) is 5.91 Å². The van der Waals surface area contributed by atoms with E-state index in [1.165, 1.54) is 0 Å². The van der Waals surface area contributed by atoms with E-state index in [0.717, 1.165) is 27.9 Å². The summed E-state index contributed by atoms with van der Waals surface area (Å²) in [5, 5.41) is 1.12. The van der Waals surface area contributed by atoms with E-state index in [9.17, 15) is 4.79 Å². The molecule has 0 radical (unpaired) electrons. The van der Waals surface area contributed by atoms with Gasteiger partial charge in [-0.2, -0.15) is 0 Å². The van der Waals surface area contributed by atoms with Crippen molar-refractivity contribution < 1.29 is 9.53 Å². The van der Waals surface area contributed by atoms with Gasteiger partial charge < -0.3 is 14.6 Å². The lowest BCUT2D eigenvalue weighted by molar-refractivity contribution is -0.129. The van der Waals surface area contributed by atoms with Gasteiger partial charge in [-0.15, -0.1) is 0 Å². The highest BCUT2D eigenvalue weighted by molar-refractivity contribution is 5.90. The number of H-pyrrole nitrogens is 1. The van der Waals surface area contributed by atoms with Gasteiger partial charge in [0, 0.05) is 23.6 Å². The third kappa shape index (κ3) is 3.59. The number of likely N-dealkylation sites (N-methyl/N-ethyl adjacent to an activating group) is 1. The average Bonchev–Trinajstić information content (AvgIpc) is 2.91. The molecule has 0 aliphatic rings. The van der Waals surface area contributed by atoms with Crippen molar-refractivity contribution in [3.8, 4) is 5.75 Å². The molecule has 0 unspecified atom stereocenters. The third-order valence-corrected chi connectivity index (χ3v) is 4.22. The zero-order valence-corrected chi connectivity index (χ0v) is 14.1. The Morgan fingerprint density at radius 2 is 1.79 bits per heavy atom. The first-order valence-corrected chi connectivity index (χ1v) is 8.13. The fourth-order valence-corrected chi connectivity index (χ4v) is 2.79. The molecule has 0 atom stereocenters. The van der Waals surface area contributed by atoms with Crippen LogP contribution in [0, 0.1) is 6.92 Å². The molecular formula is C20H22N2O2. The molecule has 4 nitrogen and oxygen atoms in total. The first-order valence-electron chi connectivity index (χ1n) is 8.13. The highest BCUT2D eigenvalue weighted by Crippen LogP contribution is 2.22. The lowest BCUT2D eigenvalue weighted by atomic mass is 10.1. The fraction of sp³-hybridized carbons (Fsp3) is 0.250. The Balaban J connectivity index is 1.58. The van der Waals surface area contributed by atoms with Crippen LogP contribution in [0.3, 0.4) is 0 Å². The van der Waals surface area contributed by atoms with Gasteiger partial charge in [0.15, 0.2) is 0 Å². The number of aromatic amines is 1. The standard InChI is InChI=1S/C20H22N2O2/c1-15-18(17-10-6-7-11-19(17)21-15)14-20(23)22(2)12-13-24-16-8-4-3-5-9-16/h3-11,21H,12-14H2,1-2H3. The number of ether oxygens (including phenoxy) is 1. The van der Waals surface area contributed by atoms with Crippen LogP contribution in [0.5, 0.6) is 5.75 Å². The van der Waals surface area contributed by atoms with Gasteiger partial charge in [0.25, 0.3) is 0 Å². The van der Waals surface area contributed by atoms with Gasteiger partial charge in [-0.1, -0.05) is 36.4 Å². The van der Waals surface area contributed by atoms with E-state index in [1.807, 2.05) is 62.5 Å². The first-order chi connectivity index (χ1) is 11.6. The second kappa shape index (κ2) is 7.21. The summed E-state index contributed by atoms with van der Waals surface area (Å²) in [6.07, 6.45) is 0.400. The molecule has 4 heteroatoms. The number of hydrogen-bond donors (Lipinski definition) is 1. The number of benzene rings is 2. The number of para-hydroxylation sites is 2. The van der Waals surface area contributed by atoms with Crippen molar-refractivity contribution in [2.75, 3.05) is 20.2 Å². The maximum Gasteiger partial charge on any atom is 0.226 e. The zero-order chi connectivity index (χ0) is 16.9. The lowest BCUT2D eigenvalue weighted by Crippen LogP contribution is -2.32. The smallest absolute Gasteiger partial charge is 0.226 e. The molecule has 1 heterocycles. The highest BCUT2D eigenvalue weighted by Gasteiger charge is 2.15. The molecule has 0 aliphatic heterocycles. The van der Waals surface area contributed by atoms with Crippen LogP contribution in [0.25, 0.3) is 10.9 Å². The van der Waals surface area contributed by atoms with Crippen LogP contribution in [-0.2, 0) is 11.2 Å². The fourth-order valence-electron chi connectivity index (χ4n) is 2.79. The molecule has 0 bridgehead atoms. The molecule has 1 N–H and O–H groups in total. The molecule has 0 aliphatic carbocycles.